The Morgan fingerprint density at radius 3 is 0.545 bits per heavy atom. The van der Waals surface area contributed by atoms with Gasteiger partial charge in [-0.2, -0.15) is 0 Å². The van der Waals surface area contributed by atoms with Crippen LogP contribution in [0.3, 0.4) is 0 Å². The summed E-state index contributed by atoms with van der Waals surface area (Å²) in [4.78, 5) is 40.4. The van der Waals surface area contributed by atoms with Gasteiger partial charge in [0.25, 0.3) is 0 Å². The monoisotopic (exact) mass is 660 g/mol. The van der Waals surface area contributed by atoms with E-state index in [1.165, 1.54) is 0 Å². The molecule has 4 fully saturated rings. The zero-order valence-corrected chi connectivity index (χ0v) is 23.3. The van der Waals surface area contributed by atoms with E-state index < -0.39 is 23.9 Å². The molecule has 8 nitrogen and oxygen atoms in total. The van der Waals surface area contributed by atoms with Gasteiger partial charge >= 0.3 is 27.3 Å². The molecule has 0 radical (unpaired) electrons. The van der Waals surface area contributed by atoms with Gasteiger partial charge in [0.05, 0.1) is 0 Å². The fourth-order valence-electron chi connectivity index (χ4n) is 4.65. The molecule has 4 aliphatic rings. The molecule has 0 N–H and O–H groups in total. The fraction of sp³-hybridized carbons (Fsp3) is 0.833. The average molecular weight is 660 g/mol. The maximum atomic E-state index is 10.1. The van der Waals surface area contributed by atoms with E-state index in [0.717, 1.165) is 103 Å². The number of hydrogen-bond donors (Lipinski definition) is 0. The molecule has 0 bridgehead atoms. The first-order valence-electron chi connectivity index (χ1n) is 12.1. The molecule has 4 aliphatic carbocycles. The molecule has 0 aromatic rings. The molecular weight excluding hydrogens is 623 g/mol. The van der Waals surface area contributed by atoms with E-state index in [-0.39, 0.29) is 51.0 Å². The summed E-state index contributed by atoms with van der Waals surface area (Å²) in [5, 5.41) is 40.4. The number of carboxylic acids is 4. The molecule has 4 saturated carbocycles. The molecule has 0 aromatic heterocycles. The second-order valence-corrected chi connectivity index (χ2v) is 9.20. The van der Waals surface area contributed by atoms with Gasteiger partial charge < -0.3 is 39.6 Å². The quantitative estimate of drug-likeness (QED) is 0.359. The summed E-state index contributed by atoms with van der Waals surface area (Å²) >= 11 is 0. The molecule has 0 spiro atoms. The van der Waals surface area contributed by atoms with Gasteiger partial charge in [-0.25, -0.2) is 0 Å². The van der Waals surface area contributed by atoms with Gasteiger partial charge in [0.1, 0.15) is 0 Å². The van der Waals surface area contributed by atoms with Crippen molar-refractivity contribution in [3.8, 4) is 0 Å². The van der Waals surface area contributed by atoms with E-state index >= 15 is 0 Å². The van der Waals surface area contributed by atoms with Crippen LogP contribution in [0.15, 0.2) is 0 Å². The first kappa shape index (κ1) is 31.8. The van der Waals surface area contributed by atoms with Crippen LogP contribution in [0.4, 0.5) is 0 Å². The van der Waals surface area contributed by atoms with Crippen molar-refractivity contribution >= 4 is 51.2 Å². The van der Waals surface area contributed by atoms with E-state index in [9.17, 15) is 39.6 Å². The van der Waals surface area contributed by atoms with Crippen LogP contribution in [0.25, 0.3) is 0 Å². The Balaban J connectivity index is 0.000000410. The smallest absolute Gasteiger partial charge is 0.550 e. The number of rotatable bonds is 4. The average Bonchev–Trinajstić information content (AvgIpc) is 3.56. The number of carbonyl (C=O) groups is 4. The van der Waals surface area contributed by atoms with E-state index in [4.69, 9.17) is 0 Å². The van der Waals surface area contributed by atoms with Gasteiger partial charge in [0, 0.05) is 23.9 Å². The summed E-state index contributed by atoms with van der Waals surface area (Å²) in [6.45, 7) is 0. The SMILES string of the molecule is O=C([O-])C1CCCC1.O=C([O-])C1CCCC1.O=C([O-])C1CCCC1.O=C([O-])C1CCCC1.[Pb+4]. The van der Waals surface area contributed by atoms with Gasteiger partial charge in [-0.15, -0.1) is 0 Å². The first-order chi connectivity index (χ1) is 15.2. The zero-order valence-electron chi connectivity index (χ0n) is 19.4. The number of carbonyl (C=O) groups excluding carboxylic acids is 4. The second kappa shape index (κ2) is 18.2. The van der Waals surface area contributed by atoms with Crippen LogP contribution in [-0.4, -0.2) is 51.2 Å². The summed E-state index contributed by atoms with van der Waals surface area (Å²) in [5.74, 6) is -3.95. The molecule has 0 amide bonds. The molecule has 0 unspecified atom stereocenters. The number of aliphatic carboxylic acids is 4. The molecule has 184 valence electrons. The van der Waals surface area contributed by atoms with E-state index in [2.05, 4.69) is 0 Å². The van der Waals surface area contributed by atoms with Crippen LogP contribution < -0.4 is 20.4 Å². The molecule has 0 aliphatic heterocycles. The topological polar surface area (TPSA) is 161 Å². The van der Waals surface area contributed by atoms with Crippen LogP contribution >= 0.6 is 0 Å². The van der Waals surface area contributed by atoms with Crippen molar-refractivity contribution in [3.05, 3.63) is 0 Å². The standard InChI is InChI=1S/4C6H10O2.Pb/c4*7-6(8)5-3-1-2-4-5;/h4*5H,1-4H2,(H,7,8);/q;;;;+4/p-4. The van der Waals surface area contributed by atoms with Crippen LogP contribution in [0.2, 0.25) is 0 Å². The maximum Gasteiger partial charge on any atom is 4.00 e. The summed E-state index contributed by atoms with van der Waals surface area (Å²) in [6.07, 6.45) is 15.2. The van der Waals surface area contributed by atoms with Crippen LogP contribution in [-0.2, 0) is 19.2 Å². The zero-order chi connectivity index (χ0) is 23.9. The summed E-state index contributed by atoms with van der Waals surface area (Å²) in [7, 11) is 0. The third kappa shape index (κ3) is 13.9. The van der Waals surface area contributed by atoms with E-state index in [0.29, 0.717) is 0 Å². The Morgan fingerprint density at radius 2 is 0.485 bits per heavy atom. The van der Waals surface area contributed by atoms with E-state index in [1.54, 1.807) is 0 Å². The van der Waals surface area contributed by atoms with Crippen molar-refractivity contribution in [3.63, 3.8) is 0 Å². The second-order valence-electron chi connectivity index (χ2n) is 9.20. The van der Waals surface area contributed by atoms with Crippen LogP contribution in [0.5, 0.6) is 0 Å². The van der Waals surface area contributed by atoms with Gasteiger partial charge in [-0.3, -0.25) is 0 Å². The minimum absolute atomic E-state index is 0. The minimum Gasteiger partial charge on any atom is -0.550 e. The molecule has 0 saturated heterocycles. The van der Waals surface area contributed by atoms with Gasteiger partial charge in [0.2, 0.25) is 0 Å². The molecule has 0 atom stereocenters. The Bertz CT molecular complexity index is 481. The Kier molecular flexibility index (Phi) is 17.5. The Labute approximate surface area is 216 Å². The Morgan fingerprint density at radius 1 is 0.364 bits per heavy atom. The summed E-state index contributed by atoms with van der Waals surface area (Å²) in [5.41, 5.74) is 0. The molecule has 33 heavy (non-hydrogen) atoms. The van der Waals surface area contributed by atoms with E-state index in [1.807, 2.05) is 0 Å². The normalized spacial score (nSPS) is 20.8. The molecule has 0 heterocycles. The summed E-state index contributed by atoms with van der Waals surface area (Å²) in [6, 6.07) is 0. The van der Waals surface area contributed by atoms with Gasteiger partial charge in [0.15, 0.2) is 0 Å². The minimum atomic E-state index is -0.859. The number of hydrogen-bond acceptors (Lipinski definition) is 8. The number of carboxylic acid groups (broad SMARTS) is 4. The predicted octanol–water partition coefficient (Wildman–Crippen LogP) is -0.675. The third-order valence-corrected chi connectivity index (χ3v) is 6.75. The molecule has 9 heteroatoms. The third-order valence-electron chi connectivity index (χ3n) is 6.75. The first-order valence-corrected chi connectivity index (χ1v) is 12.1. The molecular formula is C24H36O8Pb. The van der Waals surface area contributed by atoms with Crippen molar-refractivity contribution in [2.75, 3.05) is 0 Å². The molecule has 0 aromatic carbocycles. The fourth-order valence-corrected chi connectivity index (χ4v) is 4.65. The predicted molar refractivity (Wildman–Crippen MR) is 114 cm³/mol. The van der Waals surface area contributed by atoms with Crippen molar-refractivity contribution in [2.45, 2.75) is 103 Å². The largest absolute Gasteiger partial charge is 4.00 e. The van der Waals surface area contributed by atoms with Crippen LogP contribution in [0.1, 0.15) is 103 Å². The van der Waals surface area contributed by atoms with Gasteiger partial charge in [-0.05, 0) is 75.0 Å². The summed E-state index contributed by atoms with van der Waals surface area (Å²) < 4.78 is 0. The van der Waals surface area contributed by atoms with Crippen LogP contribution in [0, 0.1) is 23.7 Å². The van der Waals surface area contributed by atoms with Crippen molar-refractivity contribution in [1.82, 2.24) is 0 Å². The molecule has 4 rings (SSSR count). The van der Waals surface area contributed by atoms with Crippen molar-refractivity contribution < 1.29 is 39.6 Å². The van der Waals surface area contributed by atoms with Crippen molar-refractivity contribution in [1.29, 1.82) is 0 Å². The van der Waals surface area contributed by atoms with Crippen molar-refractivity contribution in [2.24, 2.45) is 23.7 Å². The Hall–Kier alpha value is -1.20. The maximum absolute atomic E-state index is 10.1. The van der Waals surface area contributed by atoms with Gasteiger partial charge in [-0.1, -0.05) is 51.4 Å².